The first-order chi connectivity index (χ1) is 10.3. The van der Waals surface area contributed by atoms with Crippen LogP contribution in [-0.2, 0) is 0 Å². The normalized spacial score (nSPS) is 12.1. The summed E-state index contributed by atoms with van der Waals surface area (Å²) in [4.78, 5) is 11.9. The summed E-state index contributed by atoms with van der Waals surface area (Å²) in [6.45, 7) is 1.62. The van der Waals surface area contributed by atoms with Crippen LogP contribution in [0.1, 0.15) is 28.9 Å². The van der Waals surface area contributed by atoms with Crippen LogP contribution in [0.5, 0.6) is 0 Å². The van der Waals surface area contributed by atoms with E-state index < -0.39 is 40.8 Å². The average Bonchev–Trinajstić information content (AvgIpc) is 2.49. The van der Waals surface area contributed by atoms with Gasteiger partial charge in [-0.3, -0.25) is 4.79 Å². The first-order valence-corrected chi connectivity index (χ1v) is 7.00. The van der Waals surface area contributed by atoms with Crippen molar-refractivity contribution in [3.8, 4) is 0 Å². The summed E-state index contributed by atoms with van der Waals surface area (Å²) in [5.74, 6) is -8.35. The van der Waals surface area contributed by atoms with E-state index >= 15 is 0 Å². The quantitative estimate of drug-likeness (QED) is 0.477. The zero-order valence-corrected chi connectivity index (χ0v) is 12.8. The Bertz CT molecular complexity index is 718. The van der Waals surface area contributed by atoms with E-state index in [0.717, 1.165) is 4.47 Å². The molecule has 22 heavy (non-hydrogen) atoms. The molecule has 2 nitrogen and oxygen atoms in total. The number of hydrogen-bond donors (Lipinski definition) is 1. The predicted octanol–water partition coefficient (Wildman–Crippen LogP) is 4.50. The zero-order valence-electron chi connectivity index (χ0n) is 11.3. The van der Waals surface area contributed by atoms with Crippen molar-refractivity contribution in [2.45, 2.75) is 13.0 Å². The molecule has 0 bridgehead atoms. The predicted molar refractivity (Wildman–Crippen MR) is 76.3 cm³/mol. The van der Waals surface area contributed by atoms with Gasteiger partial charge in [0.2, 0.25) is 0 Å². The number of hydrogen-bond acceptors (Lipinski definition) is 1. The van der Waals surface area contributed by atoms with Gasteiger partial charge >= 0.3 is 0 Å². The second kappa shape index (κ2) is 6.48. The monoisotopic (exact) mass is 375 g/mol. The van der Waals surface area contributed by atoms with Crippen LogP contribution >= 0.6 is 15.9 Å². The summed E-state index contributed by atoms with van der Waals surface area (Å²) in [5, 5.41) is 2.40. The molecule has 1 N–H and O–H groups in total. The Hall–Kier alpha value is -1.89. The molecule has 0 heterocycles. The van der Waals surface area contributed by atoms with Crippen molar-refractivity contribution in [1.29, 1.82) is 0 Å². The van der Waals surface area contributed by atoms with E-state index in [9.17, 15) is 22.4 Å². The van der Waals surface area contributed by atoms with Crippen LogP contribution in [0.3, 0.4) is 0 Å². The van der Waals surface area contributed by atoms with Gasteiger partial charge in [0, 0.05) is 4.47 Å². The molecule has 1 atom stereocenters. The van der Waals surface area contributed by atoms with Crippen molar-refractivity contribution in [3.05, 3.63) is 69.2 Å². The first kappa shape index (κ1) is 16.5. The molecule has 1 unspecified atom stereocenters. The lowest BCUT2D eigenvalue weighted by molar-refractivity contribution is 0.0933. The third-order valence-electron chi connectivity index (χ3n) is 3.06. The number of nitrogens with one attached hydrogen (secondary N) is 1. The zero-order chi connectivity index (χ0) is 16.4. The van der Waals surface area contributed by atoms with E-state index in [4.69, 9.17) is 0 Å². The average molecular weight is 376 g/mol. The summed E-state index contributed by atoms with van der Waals surface area (Å²) in [5.41, 5.74) is -0.180. The molecule has 0 radical (unpaired) electrons. The molecule has 0 aliphatic heterocycles. The van der Waals surface area contributed by atoms with Crippen molar-refractivity contribution in [2.24, 2.45) is 0 Å². The standard InChI is InChI=1S/C15H10BrF4NO/c1-7(8-2-4-9(16)5-3-8)21-15(22)10-6-11(17)13(19)14(20)12(10)18/h2-7H,1H3,(H,21,22). The Morgan fingerprint density at radius 3 is 2.23 bits per heavy atom. The van der Waals surface area contributed by atoms with E-state index in [1.165, 1.54) is 0 Å². The molecular formula is C15H10BrF4NO. The maximum Gasteiger partial charge on any atom is 0.254 e. The third-order valence-corrected chi connectivity index (χ3v) is 3.59. The molecule has 116 valence electrons. The van der Waals surface area contributed by atoms with E-state index in [0.29, 0.717) is 11.6 Å². The van der Waals surface area contributed by atoms with Crippen LogP contribution in [0.2, 0.25) is 0 Å². The van der Waals surface area contributed by atoms with Gasteiger partial charge in [-0.05, 0) is 30.7 Å². The molecule has 0 fully saturated rings. The fourth-order valence-electron chi connectivity index (χ4n) is 1.85. The van der Waals surface area contributed by atoms with Gasteiger partial charge in [-0.2, -0.15) is 0 Å². The molecule has 0 saturated carbocycles. The molecule has 2 rings (SSSR count). The van der Waals surface area contributed by atoms with Gasteiger partial charge in [0.05, 0.1) is 11.6 Å². The SMILES string of the molecule is CC(NC(=O)c1cc(F)c(F)c(F)c1F)c1ccc(Br)cc1. The lowest BCUT2D eigenvalue weighted by atomic mass is 10.1. The Morgan fingerprint density at radius 1 is 1.05 bits per heavy atom. The molecule has 0 spiro atoms. The Morgan fingerprint density at radius 2 is 1.64 bits per heavy atom. The van der Waals surface area contributed by atoms with Crippen LogP contribution in [0, 0.1) is 23.3 Å². The highest BCUT2D eigenvalue weighted by atomic mass is 79.9. The Labute approximate surface area is 132 Å². The molecule has 0 saturated heterocycles. The van der Waals surface area contributed by atoms with Crippen molar-refractivity contribution in [1.82, 2.24) is 5.32 Å². The highest BCUT2D eigenvalue weighted by Crippen LogP contribution is 2.21. The number of halogens is 5. The Balaban J connectivity index is 2.24. The number of carbonyl (C=O) groups is 1. The molecule has 1 amide bonds. The summed E-state index contributed by atoms with van der Waals surface area (Å²) in [6, 6.07) is 6.73. The topological polar surface area (TPSA) is 29.1 Å². The second-order valence-corrected chi connectivity index (χ2v) is 5.51. The fourth-order valence-corrected chi connectivity index (χ4v) is 2.11. The van der Waals surface area contributed by atoms with Gasteiger partial charge < -0.3 is 5.32 Å². The molecule has 7 heteroatoms. The van der Waals surface area contributed by atoms with Gasteiger partial charge in [0.25, 0.3) is 5.91 Å². The molecule has 2 aromatic rings. The molecule has 0 aliphatic carbocycles. The summed E-state index contributed by atoms with van der Waals surface area (Å²) in [7, 11) is 0. The lowest BCUT2D eigenvalue weighted by Gasteiger charge is -2.15. The van der Waals surface area contributed by atoms with E-state index in [1.807, 2.05) is 0 Å². The number of rotatable bonds is 3. The maximum atomic E-state index is 13.5. The van der Waals surface area contributed by atoms with Crippen molar-refractivity contribution < 1.29 is 22.4 Å². The van der Waals surface area contributed by atoms with Gasteiger partial charge in [-0.25, -0.2) is 17.6 Å². The van der Waals surface area contributed by atoms with Crippen molar-refractivity contribution in [2.75, 3.05) is 0 Å². The second-order valence-electron chi connectivity index (χ2n) is 4.59. The van der Waals surface area contributed by atoms with Crippen LogP contribution < -0.4 is 5.32 Å². The minimum absolute atomic E-state index is 0.331. The van der Waals surface area contributed by atoms with E-state index in [-0.39, 0.29) is 0 Å². The van der Waals surface area contributed by atoms with Crippen molar-refractivity contribution >= 4 is 21.8 Å². The van der Waals surface area contributed by atoms with Gasteiger partial charge in [0.15, 0.2) is 23.3 Å². The van der Waals surface area contributed by atoms with Gasteiger partial charge in [-0.1, -0.05) is 28.1 Å². The molecule has 0 aliphatic rings. The smallest absolute Gasteiger partial charge is 0.254 e. The minimum atomic E-state index is -2.01. The van der Waals surface area contributed by atoms with Crippen LogP contribution in [-0.4, -0.2) is 5.91 Å². The van der Waals surface area contributed by atoms with Gasteiger partial charge in [0.1, 0.15) is 0 Å². The van der Waals surface area contributed by atoms with E-state index in [1.54, 1.807) is 31.2 Å². The largest absolute Gasteiger partial charge is 0.345 e. The number of carbonyl (C=O) groups excluding carboxylic acids is 1. The molecule has 2 aromatic carbocycles. The molecule has 0 aromatic heterocycles. The number of amides is 1. The van der Waals surface area contributed by atoms with Crippen LogP contribution in [0.15, 0.2) is 34.8 Å². The highest BCUT2D eigenvalue weighted by Gasteiger charge is 2.23. The summed E-state index contributed by atoms with van der Waals surface area (Å²) < 4.78 is 53.5. The highest BCUT2D eigenvalue weighted by molar-refractivity contribution is 9.10. The van der Waals surface area contributed by atoms with E-state index in [2.05, 4.69) is 21.2 Å². The maximum absolute atomic E-state index is 13.5. The van der Waals surface area contributed by atoms with Crippen molar-refractivity contribution in [3.63, 3.8) is 0 Å². The van der Waals surface area contributed by atoms with Gasteiger partial charge in [-0.15, -0.1) is 0 Å². The fraction of sp³-hybridized carbons (Fsp3) is 0.133. The minimum Gasteiger partial charge on any atom is -0.345 e. The van der Waals surface area contributed by atoms with Crippen LogP contribution in [0.25, 0.3) is 0 Å². The lowest BCUT2D eigenvalue weighted by Crippen LogP contribution is -2.28. The summed E-state index contributed by atoms with van der Waals surface area (Å²) in [6.07, 6.45) is 0. The number of benzene rings is 2. The first-order valence-electron chi connectivity index (χ1n) is 6.20. The molecular weight excluding hydrogens is 366 g/mol. The third kappa shape index (κ3) is 3.30. The van der Waals surface area contributed by atoms with Crippen LogP contribution in [0.4, 0.5) is 17.6 Å². The summed E-state index contributed by atoms with van der Waals surface area (Å²) >= 11 is 3.26. The Kier molecular flexibility index (Phi) is 4.85.